The predicted octanol–water partition coefficient (Wildman–Crippen LogP) is 3.37. The summed E-state index contributed by atoms with van der Waals surface area (Å²) in [6, 6.07) is 13.1. The molecule has 10 nitrogen and oxygen atoms in total. The van der Waals surface area contributed by atoms with Crippen LogP contribution in [0.1, 0.15) is 27.8 Å². The van der Waals surface area contributed by atoms with Gasteiger partial charge in [0, 0.05) is 23.6 Å². The Morgan fingerprint density at radius 1 is 1.06 bits per heavy atom. The standard InChI is InChI=1S/C23H20N4O6/c1-2-31-23(30)18-13-24-27-9-8-16(12-19(18)27)25-21(28)14-33-17-6-3-5-15(11-17)26-22(29)20-7-4-10-32-20/h3-13H,2,14H2,1H3,(H,25,28)(H,26,29). The molecule has 1 aromatic carbocycles. The van der Waals surface area contributed by atoms with Crippen molar-refractivity contribution in [3.8, 4) is 5.75 Å². The monoisotopic (exact) mass is 448 g/mol. The summed E-state index contributed by atoms with van der Waals surface area (Å²) in [6.07, 6.45) is 4.45. The smallest absolute Gasteiger partial charge is 0.341 e. The van der Waals surface area contributed by atoms with Gasteiger partial charge < -0.3 is 24.5 Å². The summed E-state index contributed by atoms with van der Waals surface area (Å²) in [5.74, 6) is -0.701. The maximum absolute atomic E-state index is 12.4. The summed E-state index contributed by atoms with van der Waals surface area (Å²) in [5, 5.41) is 9.51. The van der Waals surface area contributed by atoms with Crippen molar-refractivity contribution < 1.29 is 28.3 Å². The van der Waals surface area contributed by atoms with E-state index in [2.05, 4.69) is 15.7 Å². The molecule has 10 heteroatoms. The average Bonchev–Trinajstić information content (AvgIpc) is 3.48. The minimum Gasteiger partial charge on any atom is -0.484 e. The third-order valence-electron chi connectivity index (χ3n) is 4.51. The Bertz CT molecular complexity index is 1300. The maximum Gasteiger partial charge on any atom is 0.341 e. The number of benzene rings is 1. The van der Waals surface area contributed by atoms with Crippen LogP contribution >= 0.6 is 0 Å². The van der Waals surface area contributed by atoms with Gasteiger partial charge in [-0.05, 0) is 43.3 Å². The van der Waals surface area contributed by atoms with Crippen LogP contribution in [0.15, 0.2) is 71.6 Å². The van der Waals surface area contributed by atoms with Crippen molar-refractivity contribution in [3.63, 3.8) is 0 Å². The minimum absolute atomic E-state index is 0.182. The van der Waals surface area contributed by atoms with Crippen molar-refractivity contribution in [1.82, 2.24) is 9.61 Å². The van der Waals surface area contributed by atoms with Crippen molar-refractivity contribution in [1.29, 1.82) is 0 Å². The molecule has 2 N–H and O–H groups in total. The fourth-order valence-corrected chi connectivity index (χ4v) is 3.03. The van der Waals surface area contributed by atoms with Gasteiger partial charge in [0.15, 0.2) is 12.4 Å². The molecule has 33 heavy (non-hydrogen) atoms. The fourth-order valence-electron chi connectivity index (χ4n) is 3.03. The summed E-state index contributed by atoms with van der Waals surface area (Å²) >= 11 is 0. The zero-order valence-electron chi connectivity index (χ0n) is 17.6. The number of hydrogen-bond acceptors (Lipinski definition) is 7. The van der Waals surface area contributed by atoms with E-state index < -0.39 is 17.8 Å². The third kappa shape index (κ3) is 5.18. The lowest BCUT2D eigenvalue weighted by atomic mass is 10.2. The number of nitrogens with zero attached hydrogens (tertiary/aromatic N) is 2. The number of fused-ring (bicyclic) bond motifs is 1. The Morgan fingerprint density at radius 3 is 2.70 bits per heavy atom. The molecule has 0 fully saturated rings. The molecular formula is C23H20N4O6. The number of hydrogen-bond donors (Lipinski definition) is 2. The van der Waals surface area contributed by atoms with Crippen LogP contribution in [-0.4, -0.2) is 40.6 Å². The maximum atomic E-state index is 12.4. The number of furan rings is 1. The van der Waals surface area contributed by atoms with E-state index in [0.717, 1.165) is 0 Å². The Balaban J connectivity index is 1.36. The predicted molar refractivity (Wildman–Crippen MR) is 118 cm³/mol. The van der Waals surface area contributed by atoms with Crippen LogP contribution in [0.25, 0.3) is 5.52 Å². The van der Waals surface area contributed by atoms with Crippen molar-refractivity contribution >= 4 is 34.7 Å². The molecule has 0 atom stereocenters. The molecule has 0 bridgehead atoms. The number of esters is 1. The van der Waals surface area contributed by atoms with Crippen LogP contribution < -0.4 is 15.4 Å². The van der Waals surface area contributed by atoms with E-state index in [4.69, 9.17) is 13.9 Å². The zero-order chi connectivity index (χ0) is 23.2. The number of pyridine rings is 1. The lowest BCUT2D eigenvalue weighted by molar-refractivity contribution is -0.118. The van der Waals surface area contributed by atoms with Gasteiger partial charge in [-0.3, -0.25) is 9.59 Å². The van der Waals surface area contributed by atoms with Gasteiger partial charge in [0.2, 0.25) is 0 Å². The molecule has 3 aromatic heterocycles. The highest BCUT2D eigenvalue weighted by molar-refractivity contribution is 6.02. The third-order valence-corrected chi connectivity index (χ3v) is 4.51. The van der Waals surface area contributed by atoms with Crippen molar-refractivity contribution in [2.45, 2.75) is 6.92 Å². The van der Waals surface area contributed by atoms with Crippen LogP contribution in [0.4, 0.5) is 11.4 Å². The van der Waals surface area contributed by atoms with Crippen LogP contribution in [0.5, 0.6) is 5.75 Å². The van der Waals surface area contributed by atoms with Crippen LogP contribution in [0.2, 0.25) is 0 Å². The number of carbonyl (C=O) groups is 3. The second kappa shape index (κ2) is 9.69. The molecular weight excluding hydrogens is 428 g/mol. The number of amides is 2. The number of ether oxygens (including phenoxy) is 2. The minimum atomic E-state index is -0.488. The Labute approximate surface area is 188 Å². The number of nitrogens with one attached hydrogen (secondary N) is 2. The Morgan fingerprint density at radius 2 is 1.91 bits per heavy atom. The summed E-state index contributed by atoms with van der Waals surface area (Å²) in [4.78, 5) is 36.5. The molecule has 168 valence electrons. The van der Waals surface area contributed by atoms with Gasteiger partial charge in [-0.1, -0.05) is 6.07 Å². The first kappa shape index (κ1) is 21.6. The second-order valence-corrected chi connectivity index (χ2v) is 6.82. The quantitative estimate of drug-likeness (QED) is 0.396. The molecule has 2 amide bonds. The molecule has 0 radical (unpaired) electrons. The SMILES string of the molecule is CCOC(=O)c1cnn2ccc(NC(=O)COc3cccc(NC(=O)c4ccco4)c3)cc12. The van der Waals surface area contributed by atoms with Crippen molar-refractivity contribution in [2.75, 3.05) is 23.8 Å². The number of carbonyl (C=O) groups excluding carboxylic acids is 3. The molecule has 0 saturated heterocycles. The van der Waals surface area contributed by atoms with Gasteiger partial charge in [0.25, 0.3) is 11.8 Å². The summed E-state index contributed by atoms with van der Waals surface area (Å²) in [7, 11) is 0. The van der Waals surface area contributed by atoms with Gasteiger partial charge in [-0.25, -0.2) is 9.31 Å². The Kier molecular flexibility index (Phi) is 6.35. The molecule has 0 spiro atoms. The van der Waals surface area contributed by atoms with Gasteiger partial charge in [0.1, 0.15) is 11.3 Å². The highest BCUT2D eigenvalue weighted by atomic mass is 16.5. The second-order valence-electron chi connectivity index (χ2n) is 6.82. The number of aromatic nitrogens is 2. The fraction of sp³-hybridized carbons (Fsp3) is 0.130. The first-order chi connectivity index (χ1) is 16.0. The van der Waals surface area contributed by atoms with E-state index >= 15 is 0 Å². The van der Waals surface area contributed by atoms with Gasteiger partial charge in [-0.2, -0.15) is 5.10 Å². The van der Waals surface area contributed by atoms with Crippen molar-refractivity contribution in [2.24, 2.45) is 0 Å². The van der Waals surface area contributed by atoms with E-state index in [1.54, 1.807) is 61.7 Å². The van der Waals surface area contributed by atoms with Gasteiger partial charge >= 0.3 is 5.97 Å². The zero-order valence-corrected chi connectivity index (χ0v) is 17.6. The lowest BCUT2D eigenvalue weighted by Gasteiger charge is -2.10. The Hall–Kier alpha value is -4.60. The molecule has 0 aliphatic carbocycles. The van der Waals surface area contributed by atoms with E-state index in [1.165, 1.54) is 17.0 Å². The molecule has 0 aliphatic rings. The molecule has 3 heterocycles. The van der Waals surface area contributed by atoms with E-state index in [9.17, 15) is 14.4 Å². The van der Waals surface area contributed by atoms with Crippen LogP contribution in [-0.2, 0) is 9.53 Å². The molecule has 0 aliphatic heterocycles. The van der Waals surface area contributed by atoms with Crippen LogP contribution in [0.3, 0.4) is 0 Å². The largest absolute Gasteiger partial charge is 0.484 e. The molecule has 0 saturated carbocycles. The van der Waals surface area contributed by atoms with E-state index in [0.29, 0.717) is 28.2 Å². The van der Waals surface area contributed by atoms with Crippen molar-refractivity contribution in [3.05, 3.63) is 78.5 Å². The highest BCUT2D eigenvalue weighted by Gasteiger charge is 2.15. The number of anilines is 2. The first-order valence-electron chi connectivity index (χ1n) is 10.1. The number of rotatable bonds is 8. The highest BCUT2D eigenvalue weighted by Crippen LogP contribution is 2.19. The average molecular weight is 448 g/mol. The summed E-state index contributed by atoms with van der Waals surface area (Å²) in [5.41, 5.74) is 1.78. The van der Waals surface area contributed by atoms with Gasteiger partial charge in [-0.15, -0.1) is 0 Å². The molecule has 0 unspecified atom stereocenters. The van der Waals surface area contributed by atoms with Gasteiger partial charge in [0.05, 0.1) is 24.6 Å². The lowest BCUT2D eigenvalue weighted by Crippen LogP contribution is -2.20. The summed E-state index contributed by atoms with van der Waals surface area (Å²) < 4.78 is 17.1. The topological polar surface area (TPSA) is 124 Å². The molecule has 4 rings (SSSR count). The first-order valence-corrected chi connectivity index (χ1v) is 10.1. The molecule has 4 aromatic rings. The normalized spacial score (nSPS) is 10.6. The van der Waals surface area contributed by atoms with E-state index in [-0.39, 0.29) is 19.0 Å². The van der Waals surface area contributed by atoms with Crippen LogP contribution in [0, 0.1) is 0 Å². The summed E-state index contributed by atoms with van der Waals surface area (Å²) in [6.45, 7) is 1.71. The van der Waals surface area contributed by atoms with E-state index in [1.807, 2.05) is 0 Å².